The minimum absolute atomic E-state index is 0.0164. The second-order valence-corrected chi connectivity index (χ2v) is 6.55. The van der Waals surface area contributed by atoms with Gasteiger partial charge in [-0.3, -0.25) is 20.0 Å². The molecular formula is C20H18N6O4. The molecule has 4 aromatic rings. The van der Waals surface area contributed by atoms with Crippen LogP contribution in [0, 0.1) is 10.1 Å². The molecule has 2 aromatic heterocycles. The van der Waals surface area contributed by atoms with Crippen molar-refractivity contribution in [1.82, 2.24) is 25.1 Å². The summed E-state index contributed by atoms with van der Waals surface area (Å²) in [6.45, 7) is 0.285. The Morgan fingerprint density at radius 3 is 2.77 bits per heavy atom. The maximum Gasteiger partial charge on any atom is 0.270 e. The lowest BCUT2D eigenvalue weighted by atomic mass is 10.2. The number of hydrogen-bond acceptors (Lipinski definition) is 6. The third kappa shape index (κ3) is 3.97. The predicted molar refractivity (Wildman–Crippen MR) is 109 cm³/mol. The van der Waals surface area contributed by atoms with E-state index in [1.165, 1.54) is 12.1 Å². The summed E-state index contributed by atoms with van der Waals surface area (Å²) in [6, 6.07) is 13.6. The first-order chi connectivity index (χ1) is 14.5. The number of carbonyl (C=O) groups excluding carboxylic acids is 1. The van der Waals surface area contributed by atoms with Gasteiger partial charge >= 0.3 is 0 Å². The number of amides is 1. The highest BCUT2D eigenvalue weighted by atomic mass is 16.6. The van der Waals surface area contributed by atoms with Gasteiger partial charge in [-0.25, -0.2) is 4.98 Å². The lowest BCUT2D eigenvalue weighted by Gasteiger charge is -2.06. The van der Waals surface area contributed by atoms with Gasteiger partial charge in [0.05, 0.1) is 18.6 Å². The molecule has 10 nitrogen and oxygen atoms in total. The van der Waals surface area contributed by atoms with Crippen molar-refractivity contribution in [3.8, 4) is 17.1 Å². The Kier molecular flexibility index (Phi) is 5.12. The topological polar surface area (TPSA) is 128 Å². The maximum atomic E-state index is 12.3. The highest BCUT2D eigenvalue weighted by Gasteiger charge is 2.12. The monoisotopic (exact) mass is 406 g/mol. The fraction of sp³-hybridized carbons (Fsp3) is 0.150. The molecule has 0 unspecified atom stereocenters. The van der Waals surface area contributed by atoms with Crippen LogP contribution in [0.5, 0.6) is 5.75 Å². The lowest BCUT2D eigenvalue weighted by molar-refractivity contribution is -0.384. The van der Waals surface area contributed by atoms with Crippen LogP contribution in [-0.4, -0.2) is 37.7 Å². The molecule has 0 saturated heterocycles. The number of nitrogens with zero attached hydrogens (tertiary/aromatic N) is 4. The van der Waals surface area contributed by atoms with Crippen LogP contribution in [0.15, 0.2) is 54.7 Å². The summed E-state index contributed by atoms with van der Waals surface area (Å²) in [4.78, 5) is 27.2. The molecule has 0 aliphatic carbocycles. The minimum atomic E-state index is -0.443. The second-order valence-electron chi connectivity index (χ2n) is 6.55. The van der Waals surface area contributed by atoms with Crippen LogP contribution in [-0.2, 0) is 17.9 Å². The van der Waals surface area contributed by atoms with Crippen molar-refractivity contribution >= 4 is 22.5 Å². The van der Waals surface area contributed by atoms with Crippen molar-refractivity contribution in [2.75, 3.05) is 7.11 Å². The Hall–Kier alpha value is -4.21. The molecule has 0 aliphatic heterocycles. The smallest absolute Gasteiger partial charge is 0.270 e. The average Bonchev–Trinajstić information content (AvgIpc) is 3.39. The van der Waals surface area contributed by atoms with Gasteiger partial charge in [0.25, 0.3) is 5.69 Å². The number of non-ortho nitro benzene ring substituents is 1. The number of rotatable bonds is 7. The summed E-state index contributed by atoms with van der Waals surface area (Å²) >= 11 is 0. The van der Waals surface area contributed by atoms with E-state index in [0.29, 0.717) is 17.0 Å². The number of benzene rings is 2. The van der Waals surface area contributed by atoms with Crippen LogP contribution in [0.4, 0.5) is 5.69 Å². The van der Waals surface area contributed by atoms with Crippen molar-refractivity contribution in [1.29, 1.82) is 0 Å². The van der Waals surface area contributed by atoms with E-state index < -0.39 is 4.92 Å². The van der Waals surface area contributed by atoms with E-state index in [0.717, 1.165) is 16.8 Å². The minimum Gasteiger partial charge on any atom is -0.497 e. The summed E-state index contributed by atoms with van der Waals surface area (Å²) in [5, 5.41) is 21.4. The zero-order chi connectivity index (χ0) is 21.1. The standard InChI is InChI=1S/C20H18N6O4/c1-30-16-5-2-13(3-6-16)20-22-18(23-24-20)11-21-19(27)12-25-9-8-14-10-15(26(28)29)4-7-17(14)25/h2-10H,11-12H2,1H3,(H,21,27)(H,22,23,24). The Labute approximate surface area is 170 Å². The van der Waals surface area contributed by atoms with Crippen molar-refractivity contribution < 1.29 is 14.5 Å². The SMILES string of the molecule is COc1ccc(-c2n[nH]c(CNC(=O)Cn3ccc4cc([N+](=O)[O-])ccc43)n2)cc1. The number of fused-ring (bicyclic) bond motifs is 1. The van der Waals surface area contributed by atoms with Gasteiger partial charge in [-0.05, 0) is 36.4 Å². The molecular weight excluding hydrogens is 388 g/mol. The zero-order valence-corrected chi connectivity index (χ0v) is 16.0. The van der Waals surface area contributed by atoms with Gasteiger partial charge in [0.2, 0.25) is 5.91 Å². The van der Waals surface area contributed by atoms with Crippen LogP contribution in [0.3, 0.4) is 0 Å². The first-order valence-corrected chi connectivity index (χ1v) is 9.09. The van der Waals surface area contributed by atoms with E-state index in [-0.39, 0.29) is 24.7 Å². The third-order valence-electron chi connectivity index (χ3n) is 4.61. The molecule has 0 spiro atoms. The lowest BCUT2D eigenvalue weighted by Crippen LogP contribution is -2.27. The summed E-state index contributed by atoms with van der Waals surface area (Å²) < 4.78 is 6.87. The average molecular weight is 406 g/mol. The molecule has 2 aromatic carbocycles. The molecule has 0 fully saturated rings. The molecule has 10 heteroatoms. The van der Waals surface area contributed by atoms with E-state index in [9.17, 15) is 14.9 Å². The molecule has 30 heavy (non-hydrogen) atoms. The van der Waals surface area contributed by atoms with Crippen molar-refractivity contribution in [3.05, 3.63) is 70.7 Å². The first kappa shape index (κ1) is 19.1. The van der Waals surface area contributed by atoms with E-state index in [2.05, 4.69) is 20.5 Å². The molecule has 0 saturated carbocycles. The van der Waals surface area contributed by atoms with Gasteiger partial charge in [-0.1, -0.05) is 0 Å². The molecule has 2 N–H and O–H groups in total. The van der Waals surface area contributed by atoms with E-state index in [4.69, 9.17) is 4.74 Å². The highest BCUT2D eigenvalue weighted by Crippen LogP contribution is 2.22. The van der Waals surface area contributed by atoms with Gasteiger partial charge in [0.15, 0.2) is 5.82 Å². The number of nitro groups is 1. The molecule has 152 valence electrons. The van der Waals surface area contributed by atoms with Gasteiger partial charge in [0.1, 0.15) is 18.1 Å². The summed E-state index contributed by atoms with van der Waals surface area (Å²) in [5.41, 5.74) is 1.59. The summed E-state index contributed by atoms with van der Waals surface area (Å²) in [5.74, 6) is 1.59. The van der Waals surface area contributed by atoms with E-state index in [1.54, 1.807) is 30.0 Å². The second kappa shape index (κ2) is 8.03. The molecule has 0 aliphatic rings. The van der Waals surface area contributed by atoms with Crippen LogP contribution in [0.1, 0.15) is 5.82 Å². The molecule has 1 amide bonds. The maximum absolute atomic E-state index is 12.3. The molecule has 2 heterocycles. The predicted octanol–water partition coefficient (Wildman–Crippen LogP) is 2.66. The van der Waals surface area contributed by atoms with Gasteiger partial charge in [0, 0.05) is 34.8 Å². The normalized spacial score (nSPS) is 10.8. The molecule has 0 atom stereocenters. The Morgan fingerprint density at radius 2 is 2.03 bits per heavy atom. The third-order valence-corrected chi connectivity index (χ3v) is 4.61. The number of ether oxygens (including phenoxy) is 1. The van der Waals surface area contributed by atoms with Crippen molar-refractivity contribution in [2.24, 2.45) is 0 Å². The number of H-pyrrole nitrogens is 1. The number of aromatic nitrogens is 4. The van der Waals surface area contributed by atoms with Crippen LogP contribution in [0.25, 0.3) is 22.3 Å². The Morgan fingerprint density at radius 1 is 1.23 bits per heavy atom. The van der Waals surface area contributed by atoms with Crippen molar-refractivity contribution in [3.63, 3.8) is 0 Å². The molecule has 4 rings (SSSR count). The number of carbonyl (C=O) groups is 1. The molecule has 0 bridgehead atoms. The van der Waals surface area contributed by atoms with Gasteiger partial charge in [-0.15, -0.1) is 0 Å². The number of hydrogen-bond donors (Lipinski definition) is 2. The van der Waals surface area contributed by atoms with Crippen molar-refractivity contribution in [2.45, 2.75) is 13.1 Å². The summed E-state index contributed by atoms with van der Waals surface area (Å²) in [6.07, 6.45) is 1.73. The Balaban J connectivity index is 1.38. The number of aromatic amines is 1. The largest absolute Gasteiger partial charge is 0.497 e. The first-order valence-electron chi connectivity index (χ1n) is 9.09. The highest BCUT2D eigenvalue weighted by molar-refractivity contribution is 5.85. The zero-order valence-electron chi connectivity index (χ0n) is 16.0. The van der Waals surface area contributed by atoms with Gasteiger partial charge < -0.3 is 14.6 Å². The van der Waals surface area contributed by atoms with E-state index in [1.807, 2.05) is 24.3 Å². The fourth-order valence-corrected chi connectivity index (χ4v) is 3.08. The van der Waals surface area contributed by atoms with Crippen LogP contribution in [0.2, 0.25) is 0 Å². The van der Waals surface area contributed by atoms with E-state index >= 15 is 0 Å². The number of methoxy groups -OCH3 is 1. The fourth-order valence-electron chi connectivity index (χ4n) is 3.08. The van der Waals surface area contributed by atoms with Crippen LogP contribution < -0.4 is 10.1 Å². The van der Waals surface area contributed by atoms with Crippen LogP contribution >= 0.6 is 0 Å². The summed E-state index contributed by atoms with van der Waals surface area (Å²) in [7, 11) is 1.60. The van der Waals surface area contributed by atoms with Gasteiger partial charge in [-0.2, -0.15) is 5.10 Å². The Bertz CT molecular complexity index is 1210. The number of nitro benzene ring substituents is 1. The quantitative estimate of drug-likeness (QED) is 0.359. The number of nitrogens with one attached hydrogen (secondary N) is 2. The molecule has 0 radical (unpaired) electrons.